The lowest BCUT2D eigenvalue weighted by atomic mass is 10.2. The molecule has 0 aliphatic carbocycles. The Bertz CT molecular complexity index is 1070. The van der Waals surface area contributed by atoms with Gasteiger partial charge in [-0.15, -0.1) is 11.3 Å². The summed E-state index contributed by atoms with van der Waals surface area (Å²) in [6.45, 7) is 0.477. The second-order valence-electron chi connectivity index (χ2n) is 6.45. The van der Waals surface area contributed by atoms with Crippen LogP contribution in [0.5, 0.6) is 0 Å². The molecule has 142 valence electrons. The third-order valence-electron chi connectivity index (χ3n) is 4.37. The van der Waals surface area contributed by atoms with Crippen LogP contribution in [0.1, 0.15) is 17.3 Å². The molecule has 0 saturated heterocycles. The summed E-state index contributed by atoms with van der Waals surface area (Å²) in [4.78, 5) is 22.9. The van der Waals surface area contributed by atoms with Crippen LogP contribution in [0.4, 0.5) is 4.39 Å². The van der Waals surface area contributed by atoms with Gasteiger partial charge in [-0.1, -0.05) is 12.1 Å². The number of hydrogen-bond donors (Lipinski definition) is 0. The van der Waals surface area contributed by atoms with Gasteiger partial charge in [0.05, 0.1) is 23.0 Å². The van der Waals surface area contributed by atoms with Crippen LogP contribution in [-0.4, -0.2) is 27.8 Å². The Kier molecular flexibility index (Phi) is 5.16. The maximum absolute atomic E-state index is 13.0. The number of halogens is 1. The predicted octanol–water partition coefficient (Wildman–Crippen LogP) is 4.68. The molecule has 0 unspecified atom stereocenters. The van der Waals surface area contributed by atoms with E-state index < -0.39 is 0 Å². The van der Waals surface area contributed by atoms with Gasteiger partial charge in [0, 0.05) is 25.5 Å². The highest BCUT2D eigenvalue weighted by Gasteiger charge is 2.14. The number of carbonyl (C=O) groups is 1. The molecule has 7 heteroatoms. The normalized spacial score (nSPS) is 11.1. The molecule has 1 amide bonds. The minimum atomic E-state index is -0.301. The van der Waals surface area contributed by atoms with Crippen LogP contribution in [0.25, 0.3) is 21.5 Å². The van der Waals surface area contributed by atoms with Gasteiger partial charge in [-0.05, 0) is 36.4 Å². The van der Waals surface area contributed by atoms with Gasteiger partial charge in [0.2, 0.25) is 5.91 Å². The van der Waals surface area contributed by atoms with Crippen LogP contribution in [0, 0.1) is 5.82 Å². The second kappa shape index (κ2) is 7.90. The molecule has 5 nitrogen and oxygen atoms in total. The predicted molar refractivity (Wildman–Crippen MR) is 106 cm³/mol. The van der Waals surface area contributed by atoms with E-state index in [1.54, 1.807) is 41.6 Å². The summed E-state index contributed by atoms with van der Waals surface area (Å²) in [7, 11) is 1.77. The zero-order valence-corrected chi connectivity index (χ0v) is 16.1. The number of aromatic nitrogens is 2. The van der Waals surface area contributed by atoms with Gasteiger partial charge in [0.15, 0.2) is 11.7 Å². The van der Waals surface area contributed by atoms with Crippen molar-refractivity contribution >= 4 is 27.5 Å². The number of para-hydroxylation sites is 1. The number of fused-ring (bicyclic) bond motifs is 1. The Morgan fingerprint density at radius 2 is 1.96 bits per heavy atom. The average Bonchev–Trinajstić information content (AvgIpc) is 3.33. The summed E-state index contributed by atoms with van der Waals surface area (Å²) in [5, 5.41) is 0.909. The summed E-state index contributed by atoms with van der Waals surface area (Å²) in [6, 6.07) is 14.0. The minimum absolute atomic E-state index is 0.000730. The highest BCUT2D eigenvalue weighted by molar-refractivity contribution is 7.18. The Morgan fingerprint density at radius 3 is 2.75 bits per heavy atom. The summed E-state index contributed by atoms with van der Waals surface area (Å²) < 4.78 is 19.8. The molecular formula is C21H18FN3O2S. The number of benzene rings is 2. The van der Waals surface area contributed by atoms with Gasteiger partial charge in [0.25, 0.3) is 0 Å². The maximum atomic E-state index is 13.0. The molecule has 0 saturated carbocycles. The molecule has 0 bridgehead atoms. The first kappa shape index (κ1) is 18.3. The molecule has 0 N–H and O–H groups in total. The molecule has 0 radical (unpaired) electrons. The Labute approximate surface area is 165 Å². The molecule has 4 aromatic rings. The molecule has 0 fully saturated rings. The Hall–Kier alpha value is -3.06. The molecule has 28 heavy (non-hydrogen) atoms. The third-order valence-corrected chi connectivity index (χ3v) is 5.39. The number of amides is 1. The third kappa shape index (κ3) is 4.09. The van der Waals surface area contributed by atoms with Crippen molar-refractivity contribution in [3.8, 4) is 11.3 Å². The van der Waals surface area contributed by atoms with Crippen molar-refractivity contribution in [1.82, 2.24) is 14.9 Å². The van der Waals surface area contributed by atoms with Crippen LogP contribution >= 0.6 is 11.3 Å². The van der Waals surface area contributed by atoms with Crippen LogP contribution in [-0.2, 0) is 17.8 Å². The first-order valence-electron chi connectivity index (χ1n) is 8.87. The zero-order chi connectivity index (χ0) is 19.5. The molecule has 4 rings (SSSR count). The van der Waals surface area contributed by atoms with E-state index in [2.05, 4.69) is 9.97 Å². The quantitative estimate of drug-likeness (QED) is 0.476. The van der Waals surface area contributed by atoms with E-state index in [-0.39, 0.29) is 11.7 Å². The molecule has 0 atom stereocenters. The number of rotatable bonds is 6. The second-order valence-corrected chi connectivity index (χ2v) is 7.57. The zero-order valence-electron chi connectivity index (χ0n) is 15.3. The van der Waals surface area contributed by atoms with Gasteiger partial charge < -0.3 is 9.32 Å². The summed E-state index contributed by atoms with van der Waals surface area (Å²) >= 11 is 1.60. The van der Waals surface area contributed by atoms with E-state index in [4.69, 9.17) is 4.42 Å². The van der Waals surface area contributed by atoms with Crippen molar-refractivity contribution in [2.24, 2.45) is 0 Å². The van der Waals surface area contributed by atoms with Crippen LogP contribution < -0.4 is 0 Å². The number of carbonyl (C=O) groups excluding carboxylic acids is 1. The van der Waals surface area contributed by atoms with Gasteiger partial charge in [0.1, 0.15) is 10.8 Å². The summed E-state index contributed by atoms with van der Waals surface area (Å²) in [6.07, 6.45) is 2.30. The average molecular weight is 395 g/mol. The SMILES string of the molecule is CN(Cc1nc2ccccc2s1)C(=O)CCc1ncc(-c2ccc(F)cc2)o1. The largest absolute Gasteiger partial charge is 0.441 e. The lowest BCUT2D eigenvalue weighted by Gasteiger charge is -2.14. The van der Waals surface area contributed by atoms with Crippen molar-refractivity contribution in [2.45, 2.75) is 19.4 Å². The first-order valence-corrected chi connectivity index (χ1v) is 9.69. The van der Waals surface area contributed by atoms with Gasteiger partial charge in [-0.25, -0.2) is 14.4 Å². The highest BCUT2D eigenvalue weighted by atomic mass is 32.1. The number of aryl methyl sites for hydroxylation is 1. The molecule has 0 aliphatic heterocycles. The van der Waals surface area contributed by atoms with Crippen molar-refractivity contribution in [3.05, 3.63) is 71.4 Å². The van der Waals surface area contributed by atoms with Crippen molar-refractivity contribution < 1.29 is 13.6 Å². The van der Waals surface area contributed by atoms with E-state index in [0.29, 0.717) is 31.0 Å². The van der Waals surface area contributed by atoms with E-state index in [9.17, 15) is 9.18 Å². The molecule has 2 aromatic carbocycles. The van der Waals surface area contributed by atoms with Gasteiger partial charge >= 0.3 is 0 Å². The van der Waals surface area contributed by atoms with E-state index in [0.717, 1.165) is 20.8 Å². The van der Waals surface area contributed by atoms with Crippen molar-refractivity contribution in [3.63, 3.8) is 0 Å². The van der Waals surface area contributed by atoms with Crippen LogP contribution in [0.15, 0.2) is 59.1 Å². The van der Waals surface area contributed by atoms with Gasteiger partial charge in [-0.2, -0.15) is 0 Å². The maximum Gasteiger partial charge on any atom is 0.223 e. The van der Waals surface area contributed by atoms with E-state index in [1.165, 1.54) is 12.1 Å². The Morgan fingerprint density at radius 1 is 1.18 bits per heavy atom. The topological polar surface area (TPSA) is 59.2 Å². The van der Waals surface area contributed by atoms with Crippen molar-refractivity contribution in [1.29, 1.82) is 0 Å². The summed E-state index contributed by atoms with van der Waals surface area (Å²) in [5.74, 6) is 0.748. The number of nitrogens with zero attached hydrogens (tertiary/aromatic N) is 3. The monoisotopic (exact) mass is 395 g/mol. The first-order chi connectivity index (χ1) is 13.6. The van der Waals surface area contributed by atoms with Crippen molar-refractivity contribution in [2.75, 3.05) is 7.05 Å². The fraction of sp³-hybridized carbons (Fsp3) is 0.190. The number of hydrogen-bond acceptors (Lipinski definition) is 5. The number of oxazole rings is 1. The van der Waals surface area contributed by atoms with Crippen LogP contribution in [0.3, 0.4) is 0 Å². The Balaban J connectivity index is 1.34. The molecule has 0 aliphatic rings. The summed E-state index contributed by atoms with van der Waals surface area (Å²) in [5.41, 5.74) is 1.70. The van der Waals surface area contributed by atoms with E-state index >= 15 is 0 Å². The lowest BCUT2D eigenvalue weighted by molar-refractivity contribution is -0.130. The van der Waals surface area contributed by atoms with E-state index in [1.807, 2.05) is 24.3 Å². The standard InChI is InChI=1S/C21H18FN3O2S/c1-25(13-20-24-16-4-2-3-5-18(16)28-20)21(26)11-10-19-23-12-17(27-19)14-6-8-15(22)9-7-14/h2-9,12H,10-11,13H2,1H3. The number of thiazole rings is 1. The molecule has 0 spiro atoms. The fourth-order valence-electron chi connectivity index (χ4n) is 2.86. The van der Waals surface area contributed by atoms with Gasteiger partial charge in [-0.3, -0.25) is 4.79 Å². The lowest BCUT2D eigenvalue weighted by Crippen LogP contribution is -2.26. The smallest absolute Gasteiger partial charge is 0.223 e. The fourth-order valence-corrected chi connectivity index (χ4v) is 3.88. The highest BCUT2D eigenvalue weighted by Crippen LogP contribution is 2.23. The van der Waals surface area contributed by atoms with Crippen LogP contribution in [0.2, 0.25) is 0 Å². The minimum Gasteiger partial charge on any atom is -0.441 e. The molecular weight excluding hydrogens is 377 g/mol. The molecule has 2 heterocycles. The molecule has 2 aromatic heterocycles.